The van der Waals surface area contributed by atoms with E-state index in [1.54, 1.807) is 0 Å². The Morgan fingerprint density at radius 2 is 1.36 bits per heavy atom. The molecule has 0 aromatic rings. The number of esters is 1. The number of halogens is 7. The average molecular weight is 230 g/mol. The van der Waals surface area contributed by atoms with Crippen LogP contribution in [0.1, 0.15) is 0 Å². The molecule has 0 aromatic carbocycles. The van der Waals surface area contributed by atoms with Gasteiger partial charge >= 0.3 is 24.4 Å². The van der Waals surface area contributed by atoms with Crippen LogP contribution in [0.15, 0.2) is 0 Å². The van der Waals surface area contributed by atoms with E-state index < -0.39 is 24.4 Å². The normalized spacial score (nSPS) is 14.0. The quantitative estimate of drug-likeness (QED) is 0.573. The molecule has 0 heterocycles. The Labute approximate surface area is 71.1 Å². The zero-order valence-corrected chi connectivity index (χ0v) is 5.91. The number of ether oxygens (including phenoxy) is 1. The zero-order valence-electron chi connectivity index (χ0n) is 5.91. The first kappa shape index (κ1) is 12.9. The van der Waals surface area contributed by atoms with Gasteiger partial charge in [0.05, 0.1) is 0 Å². The minimum absolute atomic E-state index is 2.07. The lowest BCUT2D eigenvalue weighted by Crippen LogP contribution is -2.46. The van der Waals surface area contributed by atoms with Gasteiger partial charge in [-0.2, -0.15) is 30.7 Å². The van der Waals surface area contributed by atoms with Crippen LogP contribution in [0, 0.1) is 0 Å². The topological polar surface area (TPSA) is 46.5 Å². The van der Waals surface area contributed by atoms with E-state index in [9.17, 15) is 35.5 Å². The third kappa shape index (κ3) is 3.01. The molecule has 0 unspecified atom stereocenters. The summed E-state index contributed by atoms with van der Waals surface area (Å²) in [5, 5.41) is 7.33. The second-order valence-corrected chi connectivity index (χ2v) is 1.95. The van der Waals surface area contributed by atoms with Crippen molar-refractivity contribution in [2.24, 2.45) is 0 Å². The molecule has 0 bridgehead atoms. The summed E-state index contributed by atoms with van der Waals surface area (Å²) >= 11 is 0. The highest BCUT2D eigenvalue weighted by Gasteiger charge is 2.62. The fraction of sp³-hybridized carbons (Fsp3) is 0.750. The minimum Gasteiger partial charge on any atom is -0.387 e. The van der Waals surface area contributed by atoms with E-state index in [-0.39, 0.29) is 0 Å². The smallest absolute Gasteiger partial charge is 0.387 e. The Hall–Kier alpha value is -1.06. The van der Waals surface area contributed by atoms with Crippen molar-refractivity contribution in [2.45, 2.75) is 18.4 Å². The number of carbonyl (C=O) groups is 1. The van der Waals surface area contributed by atoms with Gasteiger partial charge < -0.3 is 9.84 Å². The van der Waals surface area contributed by atoms with Crippen LogP contribution in [-0.4, -0.2) is 29.5 Å². The molecule has 10 heteroatoms. The molecule has 0 aliphatic carbocycles. The van der Waals surface area contributed by atoms with E-state index in [4.69, 9.17) is 5.11 Å². The number of alkyl halides is 7. The van der Waals surface area contributed by atoms with E-state index in [1.807, 2.05) is 0 Å². The molecule has 0 saturated carbocycles. The van der Waals surface area contributed by atoms with Crippen LogP contribution in [0.5, 0.6) is 0 Å². The Kier molecular flexibility index (Phi) is 3.01. The second kappa shape index (κ2) is 3.26. The number of aliphatic hydroxyl groups is 1. The fourth-order valence-electron chi connectivity index (χ4n) is 0.236. The second-order valence-electron chi connectivity index (χ2n) is 1.95. The molecule has 0 amide bonds. The monoisotopic (exact) mass is 230 g/mol. The van der Waals surface area contributed by atoms with Crippen molar-refractivity contribution in [1.29, 1.82) is 0 Å². The summed E-state index contributed by atoms with van der Waals surface area (Å²) < 4.78 is 82.1. The SMILES string of the molecule is O=C(OC(F)(F)C(O)(F)F)C(F)(F)F. The van der Waals surface area contributed by atoms with Crippen molar-refractivity contribution in [3.8, 4) is 0 Å². The molecule has 14 heavy (non-hydrogen) atoms. The molecule has 0 rings (SSSR count). The van der Waals surface area contributed by atoms with Gasteiger partial charge in [-0.1, -0.05) is 0 Å². The van der Waals surface area contributed by atoms with Gasteiger partial charge in [-0.15, -0.1) is 0 Å². The first-order valence-electron chi connectivity index (χ1n) is 2.66. The molecular weight excluding hydrogens is 229 g/mol. The number of carbonyl (C=O) groups excluding carboxylic acids is 1. The van der Waals surface area contributed by atoms with Crippen molar-refractivity contribution in [3.63, 3.8) is 0 Å². The molecule has 0 aliphatic rings. The van der Waals surface area contributed by atoms with Gasteiger partial charge in [0, 0.05) is 0 Å². The molecule has 0 saturated heterocycles. The maximum atomic E-state index is 11.8. The Bertz CT molecular complexity index is 226. The number of hydrogen-bond donors (Lipinski definition) is 1. The minimum atomic E-state index is -5.93. The van der Waals surface area contributed by atoms with Crippen molar-refractivity contribution in [2.75, 3.05) is 0 Å². The third-order valence-electron chi connectivity index (χ3n) is 0.803. The van der Waals surface area contributed by atoms with E-state index >= 15 is 0 Å². The average Bonchev–Trinajstić information content (AvgIpc) is 1.80. The van der Waals surface area contributed by atoms with Crippen molar-refractivity contribution in [3.05, 3.63) is 0 Å². The first-order chi connectivity index (χ1) is 5.88. The van der Waals surface area contributed by atoms with Crippen LogP contribution in [0.2, 0.25) is 0 Å². The van der Waals surface area contributed by atoms with Crippen molar-refractivity contribution >= 4 is 5.97 Å². The summed E-state index contributed by atoms with van der Waals surface area (Å²) in [5.41, 5.74) is 0. The molecule has 0 aliphatic heterocycles. The summed E-state index contributed by atoms with van der Waals surface area (Å²) in [7, 11) is 0. The summed E-state index contributed by atoms with van der Waals surface area (Å²) in [6.45, 7) is 0. The van der Waals surface area contributed by atoms with E-state index in [0.717, 1.165) is 0 Å². The molecule has 0 fully saturated rings. The first-order valence-corrected chi connectivity index (χ1v) is 2.66. The Morgan fingerprint density at radius 1 is 1.00 bits per heavy atom. The van der Waals surface area contributed by atoms with E-state index in [0.29, 0.717) is 0 Å². The molecule has 0 aromatic heterocycles. The van der Waals surface area contributed by atoms with Crippen LogP contribution in [-0.2, 0) is 9.53 Å². The van der Waals surface area contributed by atoms with Gasteiger partial charge in [0.25, 0.3) is 0 Å². The number of hydrogen-bond acceptors (Lipinski definition) is 3. The number of rotatable bonds is 2. The summed E-state index contributed by atoms with van der Waals surface area (Å²) in [6.07, 6.45) is -17.7. The van der Waals surface area contributed by atoms with Crippen LogP contribution >= 0.6 is 0 Å². The van der Waals surface area contributed by atoms with E-state index in [2.05, 4.69) is 4.74 Å². The lowest BCUT2D eigenvalue weighted by atomic mass is 10.5. The van der Waals surface area contributed by atoms with Gasteiger partial charge in [0.15, 0.2) is 0 Å². The maximum Gasteiger partial charge on any atom is 0.496 e. The summed E-state index contributed by atoms with van der Waals surface area (Å²) in [4.78, 5) is 9.66. The van der Waals surface area contributed by atoms with Gasteiger partial charge in [-0.3, -0.25) is 0 Å². The van der Waals surface area contributed by atoms with Gasteiger partial charge in [-0.25, -0.2) is 4.79 Å². The highest BCUT2D eigenvalue weighted by atomic mass is 19.4. The zero-order chi connectivity index (χ0) is 11.8. The van der Waals surface area contributed by atoms with Crippen LogP contribution in [0.4, 0.5) is 30.7 Å². The molecule has 0 spiro atoms. The lowest BCUT2D eigenvalue weighted by molar-refractivity contribution is -0.409. The standard InChI is InChI=1S/C4HF7O3/c5-2(6,7)1(12)14-4(10,11)3(8,9)13/h13H. The van der Waals surface area contributed by atoms with Crippen molar-refractivity contribution in [1.82, 2.24) is 0 Å². The predicted molar refractivity (Wildman–Crippen MR) is 24.3 cm³/mol. The largest absolute Gasteiger partial charge is 0.496 e. The van der Waals surface area contributed by atoms with Gasteiger partial charge in [0.1, 0.15) is 0 Å². The van der Waals surface area contributed by atoms with E-state index in [1.165, 1.54) is 0 Å². The molecule has 0 atom stereocenters. The molecule has 84 valence electrons. The van der Waals surface area contributed by atoms with Crippen LogP contribution in [0.25, 0.3) is 0 Å². The summed E-state index contributed by atoms with van der Waals surface area (Å²) in [5.74, 6) is -3.53. The maximum absolute atomic E-state index is 11.8. The highest BCUT2D eigenvalue weighted by Crippen LogP contribution is 2.34. The highest BCUT2D eigenvalue weighted by molar-refractivity contribution is 5.75. The molecule has 3 nitrogen and oxygen atoms in total. The summed E-state index contributed by atoms with van der Waals surface area (Å²) in [6, 6.07) is 0. The van der Waals surface area contributed by atoms with Gasteiger partial charge in [-0.05, 0) is 0 Å². The van der Waals surface area contributed by atoms with Crippen LogP contribution < -0.4 is 0 Å². The predicted octanol–water partition coefficient (Wildman–Crippen LogP) is 1.27. The van der Waals surface area contributed by atoms with Gasteiger partial charge in [0.2, 0.25) is 0 Å². The fourth-order valence-corrected chi connectivity index (χ4v) is 0.236. The Balaban J connectivity index is 4.62. The van der Waals surface area contributed by atoms with Crippen LogP contribution in [0.3, 0.4) is 0 Å². The molecular formula is C4HF7O3. The third-order valence-corrected chi connectivity index (χ3v) is 0.803. The Morgan fingerprint density at radius 3 is 1.57 bits per heavy atom. The molecule has 0 radical (unpaired) electrons. The van der Waals surface area contributed by atoms with Crippen molar-refractivity contribution < 1.29 is 45.4 Å². The lowest BCUT2D eigenvalue weighted by Gasteiger charge is -2.20. The molecule has 1 N–H and O–H groups in total.